The molecule has 0 spiro atoms. The van der Waals surface area contributed by atoms with Gasteiger partial charge in [0.1, 0.15) is 5.75 Å². The molecule has 1 aromatic carbocycles. The summed E-state index contributed by atoms with van der Waals surface area (Å²) in [4.78, 5) is 24.8. The second-order valence-corrected chi connectivity index (χ2v) is 4.36. The molecule has 0 aromatic heterocycles. The topological polar surface area (TPSA) is 81.9 Å². The predicted molar refractivity (Wildman–Crippen MR) is 79.9 cm³/mol. The SMILES string of the molecule is CCN(CC)C(=O)COC(=O)CCOc1ccccc1N. The van der Waals surface area contributed by atoms with Gasteiger partial charge in [0.2, 0.25) is 0 Å². The van der Waals surface area contributed by atoms with Crippen LogP contribution >= 0.6 is 0 Å². The van der Waals surface area contributed by atoms with Gasteiger partial charge >= 0.3 is 5.97 Å². The smallest absolute Gasteiger partial charge is 0.309 e. The third kappa shape index (κ3) is 5.72. The molecule has 1 amide bonds. The summed E-state index contributed by atoms with van der Waals surface area (Å²) in [7, 11) is 0. The van der Waals surface area contributed by atoms with Crippen LogP contribution in [0.1, 0.15) is 20.3 Å². The van der Waals surface area contributed by atoms with E-state index < -0.39 is 5.97 Å². The Morgan fingerprint density at radius 3 is 2.48 bits per heavy atom. The maximum absolute atomic E-state index is 11.7. The summed E-state index contributed by atoms with van der Waals surface area (Å²) >= 11 is 0. The number of amides is 1. The summed E-state index contributed by atoms with van der Waals surface area (Å²) in [5.74, 6) is -0.129. The van der Waals surface area contributed by atoms with Crippen molar-refractivity contribution in [3.8, 4) is 5.75 Å². The first kappa shape index (κ1) is 16.8. The number of nitrogens with two attached hydrogens (primary N) is 1. The van der Waals surface area contributed by atoms with Gasteiger partial charge in [-0.15, -0.1) is 0 Å². The molecule has 0 unspecified atom stereocenters. The third-order valence-corrected chi connectivity index (χ3v) is 2.96. The van der Waals surface area contributed by atoms with Gasteiger partial charge in [0.15, 0.2) is 6.61 Å². The van der Waals surface area contributed by atoms with E-state index in [0.29, 0.717) is 24.5 Å². The molecule has 1 aromatic rings. The van der Waals surface area contributed by atoms with Gasteiger partial charge in [0.25, 0.3) is 5.91 Å². The highest BCUT2D eigenvalue weighted by Crippen LogP contribution is 2.19. The van der Waals surface area contributed by atoms with Crippen molar-refractivity contribution >= 4 is 17.6 Å². The highest BCUT2D eigenvalue weighted by Gasteiger charge is 2.12. The van der Waals surface area contributed by atoms with Crippen LogP contribution in [0.3, 0.4) is 0 Å². The van der Waals surface area contributed by atoms with Gasteiger partial charge in [-0.3, -0.25) is 9.59 Å². The zero-order valence-corrected chi connectivity index (χ0v) is 12.5. The fraction of sp³-hybridized carbons (Fsp3) is 0.467. The van der Waals surface area contributed by atoms with Crippen LogP contribution in [-0.2, 0) is 14.3 Å². The fourth-order valence-corrected chi connectivity index (χ4v) is 1.74. The minimum atomic E-state index is -0.468. The minimum Gasteiger partial charge on any atom is -0.491 e. The number of nitrogens with zero attached hydrogens (tertiary/aromatic N) is 1. The molecule has 1 rings (SSSR count). The van der Waals surface area contributed by atoms with Crippen LogP contribution in [0.2, 0.25) is 0 Å². The van der Waals surface area contributed by atoms with E-state index >= 15 is 0 Å². The van der Waals surface area contributed by atoms with E-state index in [1.165, 1.54) is 0 Å². The van der Waals surface area contributed by atoms with Crippen LogP contribution in [0.15, 0.2) is 24.3 Å². The quantitative estimate of drug-likeness (QED) is 0.579. The number of carbonyl (C=O) groups excluding carboxylic acids is 2. The standard InChI is InChI=1S/C15H22N2O4/c1-3-17(4-2)14(18)11-21-15(19)9-10-20-13-8-6-5-7-12(13)16/h5-8H,3-4,9-11,16H2,1-2H3. The number of anilines is 1. The first-order valence-corrected chi connectivity index (χ1v) is 6.99. The van der Waals surface area contributed by atoms with Crippen LogP contribution in [0, 0.1) is 0 Å². The Kier molecular flexibility index (Phi) is 7.08. The molecule has 2 N–H and O–H groups in total. The van der Waals surface area contributed by atoms with Gasteiger partial charge in [0, 0.05) is 13.1 Å². The number of nitrogen functional groups attached to an aromatic ring is 1. The number of hydrogen-bond donors (Lipinski definition) is 1. The molecule has 0 atom stereocenters. The molecule has 0 aliphatic rings. The van der Waals surface area contributed by atoms with Crippen LogP contribution in [0.25, 0.3) is 0 Å². The molecular weight excluding hydrogens is 272 g/mol. The first-order chi connectivity index (χ1) is 10.1. The summed E-state index contributed by atoms with van der Waals surface area (Å²) in [5.41, 5.74) is 6.22. The lowest BCUT2D eigenvalue weighted by atomic mass is 10.3. The highest BCUT2D eigenvalue weighted by atomic mass is 16.5. The fourth-order valence-electron chi connectivity index (χ4n) is 1.74. The Hall–Kier alpha value is -2.24. The van der Waals surface area contributed by atoms with Gasteiger partial charge in [-0.2, -0.15) is 0 Å². The van der Waals surface area contributed by atoms with Crippen LogP contribution < -0.4 is 10.5 Å². The molecule has 0 aliphatic carbocycles. The van der Waals surface area contributed by atoms with Gasteiger partial charge in [-0.25, -0.2) is 0 Å². The van der Waals surface area contributed by atoms with Crippen LogP contribution in [0.4, 0.5) is 5.69 Å². The van der Waals surface area contributed by atoms with Crippen molar-refractivity contribution in [1.82, 2.24) is 4.90 Å². The summed E-state index contributed by atoms with van der Waals surface area (Å²) < 4.78 is 10.3. The number of ether oxygens (including phenoxy) is 2. The molecule has 0 saturated heterocycles. The molecule has 0 heterocycles. The summed E-state index contributed by atoms with van der Waals surface area (Å²) in [6.45, 7) is 4.88. The van der Waals surface area contributed by atoms with Gasteiger partial charge in [0.05, 0.1) is 18.7 Å². The molecule has 0 bridgehead atoms. The highest BCUT2D eigenvalue weighted by molar-refractivity contribution is 5.80. The molecule has 6 heteroatoms. The van der Waals surface area contributed by atoms with Crippen molar-refractivity contribution < 1.29 is 19.1 Å². The van der Waals surface area contributed by atoms with E-state index in [4.69, 9.17) is 15.2 Å². The van der Waals surface area contributed by atoms with E-state index in [9.17, 15) is 9.59 Å². The Balaban J connectivity index is 2.26. The Morgan fingerprint density at radius 1 is 1.19 bits per heavy atom. The van der Waals surface area contributed by atoms with Gasteiger partial charge in [-0.05, 0) is 26.0 Å². The molecule has 21 heavy (non-hydrogen) atoms. The molecule has 0 aliphatic heterocycles. The normalized spacial score (nSPS) is 10.0. The first-order valence-electron chi connectivity index (χ1n) is 6.99. The molecule has 6 nitrogen and oxygen atoms in total. The Bertz CT molecular complexity index is 472. The van der Waals surface area contributed by atoms with Crippen molar-refractivity contribution in [2.45, 2.75) is 20.3 Å². The van der Waals surface area contributed by atoms with Crippen molar-refractivity contribution in [3.05, 3.63) is 24.3 Å². The van der Waals surface area contributed by atoms with E-state index in [1.807, 2.05) is 13.8 Å². The average Bonchev–Trinajstić information content (AvgIpc) is 2.48. The summed E-state index contributed by atoms with van der Waals surface area (Å²) in [6, 6.07) is 7.04. The predicted octanol–water partition coefficient (Wildman–Crippen LogP) is 1.45. The van der Waals surface area contributed by atoms with E-state index in [0.717, 1.165) is 0 Å². The second kappa shape index (κ2) is 8.84. The monoisotopic (exact) mass is 294 g/mol. The number of hydrogen-bond acceptors (Lipinski definition) is 5. The van der Waals surface area contributed by atoms with Crippen LogP contribution in [0.5, 0.6) is 5.75 Å². The largest absolute Gasteiger partial charge is 0.491 e. The summed E-state index contributed by atoms with van der Waals surface area (Å²) in [6.07, 6.45) is 0.0693. The number of esters is 1. The average molecular weight is 294 g/mol. The number of benzene rings is 1. The molecule has 0 radical (unpaired) electrons. The van der Waals surface area contributed by atoms with Crippen molar-refractivity contribution in [2.24, 2.45) is 0 Å². The number of para-hydroxylation sites is 2. The van der Waals surface area contributed by atoms with Gasteiger partial charge in [-0.1, -0.05) is 12.1 Å². The van der Waals surface area contributed by atoms with Crippen LogP contribution in [-0.4, -0.2) is 43.1 Å². The summed E-state index contributed by atoms with van der Waals surface area (Å²) in [5, 5.41) is 0. The molecule has 0 fully saturated rings. The zero-order valence-electron chi connectivity index (χ0n) is 12.5. The number of carbonyl (C=O) groups is 2. The Morgan fingerprint density at radius 2 is 1.86 bits per heavy atom. The second-order valence-electron chi connectivity index (χ2n) is 4.36. The van der Waals surface area contributed by atoms with Crippen molar-refractivity contribution in [1.29, 1.82) is 0 Å². The zero-order chi connectivity index (χ0) is 15.7. The number of likely N-dealkylation sites (N-methyl/N-ethyl adjacent to an activating group) is 1. The lowest BCUT2D eigenvalue weighted by molar-refractivity contribution is -0.152. The van der Waals surface area contributed by atoms with Crippen molar-refractivity contribution in [3.63, 3.8) is 0 Å². The molecule has 0 saturated carbocycles. The van der Waals surface area contributed by atoms with E-state index in [1.54, 1.807) is 29.2 Å². The maximum Gasteiger partial charge on any atom is 0.309 e. The Labute approximate surface area is 124 Å². The third-order valence-electron chi connectivity index (χ3n) is 2.96. The lowest BCUT2D eigenvalue weighted by Gasteiger charge is -2.18. The maximum atomic E-state index is 11.7. The van der Waals surface area contributed by atoms with Gasteiger partial charge < -0.3 is 20.1 Å². The minimum absolute atomic E-state index is 0.0693. The molecular formula is C15H22N2O4. The molecule has 116 valence electrons. The number of rotatable bonds is 8. The van der Waals surface area contributed by atoms with E-state index in [2.05, 4.69) is 0 Å². The lowest BCUT2D eigenvalue weighted by Crippen LogP contribution is -2.34. The van der Waals surface area contributed by atoms with Crippen molar-refractivity contribution in [2.75, 3.05) is 32.0 Å². The van der Waals surface area contributed by atoms with E-state index in [-0.39, 0.29) is 25.5 Å².